The summed E-state index contributed by atoms with van der Waals surface area (Å²) in [5.41, 5.74) is -0.0264. The van der Waals surface area contributed by atoms with Crippen molar-refractivity contribution in [2.75, 3.05) is 6.61 Å². The maximum absolute atomic E-state index is 10.5. The Labute approximate surface area is 113 Å². The molecule has 0 aromatic heterocycles. The van der Waals surface area contributed by atoms with Crippen molar-refractivity contribution in [3.8, 4) is 5.75 Å². The fraction of sp³-hybridized carbons (Fsp3) is 0.500. The average Bonchev–Trinajstić information content (AvgIpc) is 2.27. The van der Waals surface area contributed by atoms with E-state index in [1.165, 1.54) is 24.3 Å². The molecule has 1 aromatic rings. The number of hydrogen-bond acceptors (Lipinski definition) is 5. The summed E-state index contributed by atoms with van der Waals surface area (Å²) in [4.78, 5) is 9.97. The summed E-state index contributed by atoms with van der Waals surface area (Å²) < 4.78 is 10.2. The lowest BCUT2D eigenvalue weighted by Gasteiger charge is -2.18. The van der Waals surface area contributed by atoms with Gasteiger partial charge in [0.05, 0.1) is 11.5 Å². The normalized spacial score (nSPS) is 13.1. The van der Waals surface area contributed by atoms with Gasteiger partial charge < -0.3 is 14.6 Å². The first-order valence-corrected chi connectivity index (χ1v) is 9.69. The molecule has 19 heavy (non-hydrogen) atoms. The molecule has 6 nitrogen and oxygen atoms in total. The van der Waals surface area contributed by atoms with Crippen LogP contribution in [0.4, 0.5) is 5.69 Å². The first-order chi connectivity index (χ1) is 8.78. The zero-order chi connectivity index (χ0) is 14.5. The number of hydrogen-bond donors (Lipinski definition) is 1. The minimum Gasteiger partial charge on any atom is -0.441 e. The van der Waals surface area contributed by atoms with E-state index in [-0.39, 0.29) is 5.69 Å². The lowest BCUT2D eigenvalue weighted by Crippen LogP contribution is -2.26. The van der Waals surface area contributed by atoms with Crippen LogP contribution in [0.3, 0.4) is 0 Å². The summed E-state index contributed by atoms with van der Waals surface area (Å²) >= 11 is 0. The third kappa shape index (κ3) is 6.32. The van der Waals surface area contributed by atoms with Gasteiger partial charge in [0.2, 0.25) is 0 Å². The monoisotopic (exact) mass is 285 g/mol. The van der Waals surface area contributed by atoms with Gasteiger partial charge in [0, 0.05) is 20.2 Å². The summed E-state index contributed by atoms with van der Waals surface area (Å²) in [6.45, 7) is 5.71. The van der Waals surface area contributed by atoms with Gasteiger partial charge >= 0.3 is 6.48 Å². The summed E-state index contributed by atoms with van der Waals surface area (Å²) in [5.74, 6) is 0.325. The number of aliphatic hydroxyl groups excluding tert-OH is 1. The van der Waals surface area contributed by atoms with E-state index in [9.17, 15) is 15.2 Å². The topological polar surface area (TPSA) is 81.8 Å². The van der Waals surface area contributed by atoms with Gasteiger partial charge in [0.1, 0.15) is 5.75 Å². The molecule has 0 heterocycles. The second kappa shape index (κ2) is 6.64. The van der Waals surface area contributed by atoms with Crippen molar-refractivity contribution in [2.45, 2.75) is 32.2 Å². The van der Waals surface area contributed by atoms with Gasteiger partial charge in [-0.05, 0) is 18.2 Å². The highest BCUT2D eigenvalue weighted by Gasteiger charge is 2.14. The van der Waals surface area contributed by atoms with Crippen LogP contribution in [0.15, 0.2) is 24.3 Å². The van der Waals surface area contributed by atoms with Gasteiger partial charge in [-0.25, -0.2) is 0 Å². The van der Waals surface area contributed by atoms with Crippen LogP contribution in [0.5, 0.6) is 5.75 Å². The highest BCUT2D eigenvalue weighted by Crippen LogP contribution is 2.18. The number of nitro benzene ring substituents is 1. The zero-order valence-electron chi connectivity index (χ0n) is 11.3. The molecule has 1 N–H and O–H groups in total. The van der Waals surface area contributed by atoms with Gasteiger partial charge in [-0.2, -0.15) is 0 Å². The minimum atomic E-state index is -1.35. The van der Waals surface area contributed by atoms with Crippen LogP contribution >= 0.6 is 0 Å². The molecule has 0 saturated carbocycles. The largest absolute Gasteiger partial charge is 0.441 e. The van der Waals surface area contributed by atoms with Gasteiger partial charge in [-0.3, -0.25) is 10.1 Å². The van der Waals surface area contributed by atoms with E-state index in [2.05, 4.69) is 19.6 Å². The van der Waals surface area contributed by atoms with Crippen molar-refractivity contribution in [3.63, 3.8) is 0 Å². The number of nitrogens with zero attached hydrogens (tertiary/aromatic N) is 1. The molecule has 1 unspecified atom stereocenters. The molecule has 0 aliphatic carbocycles. The Morgan fingerprint density at radius 3 is 2.37 bits per heavy atom. The number of rotatable bonds is 7. The van der Waals surface area contributed by atoms with Crippen LogP contribution in [0, 0.1) is 10.1 Å². The molecule has 0 aliphatic rings. The molecule has 0 radical (unpaired) electrons. The maximum Gasteiger partial charge on any atom is 0.313 e. The number of ether oxygens (including phenoxy) is 2. The number of nitro groups is 1. The first-order valence-electron chi connectivity index (χ1n) is 5.99. The molecule has 106 valence electrons. The highest BCUT2D eigenvalue weighted by atomic mass is 28.3. The summed E-state index contributed by atoms with van der Waals surface area (Å²) in [6, 6.07) is 6.38. The van der Waals surface area contributed by atoms with E-state index < -0.39 is 19.5 Å². The van der Waals surface area contributed by atoms with Gasteiger partial charge in [0.15, 0.2) is 0 Å². The zero-order valence-corrected chi connectivity index (χ0v) is 12.3. The second-order valence-electron chi connectivity index (χ2n) is 5.36. The minimum absolute atomic E-state index is 0.0264. The lowest BCUT2D eigenvalue weighted by atomic mass is 10.3. The van der Waals surface area contributed by atoms with Crippen LogP contribution in [0.2, 0.25) is 25.7 Å². The van der Waals surface area contributed by atoms with E-state index in [4.69, 9.17) is 9.47 Å². The van der Waals surface area contributed by atoms with Crippen LogP contribution in [-0.4, -0.2) is 31.2 Å². The Bertz CT molecular complexity index is 415. The van der Waals surface area contributed by atoms with Gasteiger partial charge in [0.25, 0.3) is 5.69 Å². The van der Waals surface area contributed by atoms with Crippen LogP contribution in [-0.2, 0) is 4.74 Å². The Morgan fingerprint density at radius 1 is 1.32 bits per heavy atom. The van der Waals surface area contributed by atoms with Crippen molar-refractivity contribution in [1.29, 1.82) is 0 Å². The van der Waals surface area contributed by atoms with E-state index in [1.54, 1.807) is 0 Å². The van der Waals surface area contributed by atoms with Crippen LogP contribution in [0.1, 0.15) is 0 Å². The quantitative estimate of drug-likeness (QED) is 0.360. The third-order valence-electron chi connectivity index (χ3n) is 2.40. The molecule has 0 fully saturated rings. The lowest BCUT2D eigenvalue weighted by molar-refractivity contribution is -0.384. The Balaban J connectivity index is 2.40. The predicted molar refractivity (Wildman–Crippen MR) is 73.8 cm³/mol. The van der Waals surface area contributed by atoms with Crippen molar-refractivity contribution in [2.24, 2.45) is 0 Å². The fourth-order valence-corrected chi connectivity index (χ4v) is 1.99. The highest BCUT2D eigenvalue weighted by molar-refractivity contribution is 6.76. The number of aliphatic hydroxyl groups is 1. The Hall–Kier alpha value is -1.44. The van der Waals surface area contributed by atoms with Crippen LogP contribution in [0.25, 0.3) is 0 Å². The summed E-state index contributed by atoms with van der Waals surface area (Å²) in [5, 5.41) is 20.0. The predicted octanol–water partition coefficient (Wildman–Crippen LogP) is 2.60. The molecular weight excluding hydrogens is 266 g/mol. The molecule has 0 aliphatic heterocycles. The second-order valence-corrected chi connectivity index (χ2v) is 11.0. The Kier molecular flexibility index (Phi) is 5.46. The number of non-ortho nitro benzene ring substituents is 1. The third-order valence-corrected chi connectivity index (χ3v) is 4.10. The van der Waals surface area contributed by atoms with E-state index >= 15 is 0 Å². The van der Waals surface area contributed by atoms with Crippen molar-refractivity contribution >= 4 is 13.8 Å². The molecule has 1 atom stereocenters. The van der Waals surface area contributed by atoms with E-state index in [0.29, 0.717) is 12.4 Å². The number of benzene rings is 1. The van der Waals surface area contributed by atoms with Crippen LogP contribution < -0.4 is 4.74 Å². The molecule has 1 aromatic carbocycles. The van der Waals surface area contributed by atoms with Gasteiger partial charge in [-0.15, -0.1) is 0 Å². The first kappa shape index (κ1) is 15.6. The smallest absolute Gasteiger partial charge is 0.313 e. The summed E-state index contributed by atoms with van der Waals surface area (Å²) in [6.07, 6.45) is 0. The van der Waals surface area contributed by atoms with Crippen molar-refractivity contribution < 1.29 is 19.5 Å². The average molecular weight is 285 g/mol. The van der Waals surface area contributed by atoms with E-state index in [0.717, 1.165) is 6.04 Å². The van der Waals surface area contributed by atoms with Gasteiger partial charge in [-0.1, -0.05) is 19.6 Å². The molecule has 7 heteroatoms. The standard InChI is InChI=1S/C12H19NO5Si/c1-19(2,3)9-8-17-12(14)18-11-6-4-10(5-7-11)13(15)16/h4-7,12,14H,8-9H2,1-3H3. The maximum atomic E-state index is 10.5. The Morgan fingerprint density at radius 2 is 1.89 bits per heavy atom. The molecule has 0 spiro atoms. The van der Waals surface area contributed by atoms with Crippen molar-refractivity contribution in [1.82, 2.24) is 0 Å². The van der Waals surface area contributed by atoms with E-state index in [1.807, 2.05) is 0 Å². The molecular formula is C12H19NO5Si. The fourth-order valence-electron chi connectivity index (χ4n) is 1.26. The molecule has 0 saturated heterocycles. The summed E-state index contributed by atoms with van der Waals surface area (Å²) in [7, 11) is -1.20. The SMILES string of the molecule is C[Si](C)(C)CCOC(O)Oc1ccc([N+](=O)[O-])cc1. The van der Waals surface area contributed by atoms with Crippen molar-refractivity contribution in [3.05, 3.63) is 34.4 Å². The molecule has 1 rings (SSSR count). The molecule has 0 bridgehead atoms. The molecule has 0 amide bonds.